The van der Waals surface area contributed by atoms with Gasteiger partial charge in [-0.05, 0) is 27.8 Å². The van der Waals surface area contributed by atoms with Crippen molar-refractivity contribution in [2.75, 3.05) is 33.3 Å². The highest BCUT2D eigenvalue weighted by Gasteiger charge is 2.27. The van der Waals surface area contributed by atoms with Gasteiger partial charge in [0.2, 0.25) is 0 Å². The predicted molar refractivity (Wildman–Crippen MR) is 55.0 cm³/mol. The fraction of sp³-hybridized carbons (Fsp3) is 1.00. The van der Waals surface area contributed by atoms with E-state index in [1.165, 1.54) is 0 Å². The predicted octanol–water partition coefficient (Wildman–Crippen LogP) is 0.705. The highest BCUT2D eigenvalue weighted by Crippen LogP contribution is 2.16. The van der Waals surface area contributed by atoms with Gasteiger partial charge < -0.3 is 10.1 Å². The lowest BCUT2D eigenvalue weighted by Crippen LogP contribution is -2.53. The van der Waals surface area contributed by atoms with Crippen LogP contribution in [0.4, 0.5) is 0 Å². The van der Waals surface area contributed by atoms with Crippen molar-refractivity contribution in [2.45, 2.75) is 32.4 Å². The fourth-order valence-electron chi connectivity index (χ4n) is 1.68. The molecule has 78 valence electrons. The Morgan fingerprint density at radius 3 is 2.69 bits per heavy atom. The molecule has 3 nitrogen and oxygen atoms in total. The van der Waals surface area contributed by atoms with Gasteiger partial charge in [-0.3, -0.25) is 4.90 Å². The van der Waals surface area contributed by atoms with Crippen molar-refractivity contribution in [1.82, 2.24) is 10.2 Å². The third kappa shape index (κ3) is 3.25. The first-order valence-electron chi connectivity index (χ1n) is 5.05. The molecule has 1 saturated heterocycles. The SMILES string of the molecule is CNC[C@@H]1CN(C(C)(C)C)CCO1. The third-order valence-electron chi connectivity index (χ3n) is 2.52. The van der Waals surface area contributed by atoms with Crippen molar-refractivity contribution in [3.63, 3.8) is 0 Å². The topological polar surface area (TPSA) is 24.5 Å². The maximum Gasteiger partial charge on any atom is 0.0826 e. The molecule has 0 spiro atoms. The van der Waals surface area contributed by atoms with Crippen LogP contribution in [0.1, 0.15) is 20.8 Å². The maximum absolute atomic E-state index is 5.64. The summed E-state index contributed by atoms with van der Waals surface area (Å²) in [6.45, 7) is 10.7. The van der Waals surface area contributed by atoms with Gasteiger partial charge in [0.15, 0.2) is 0 Å². The first kappa shape index (κ1) is 11.0. The summed E-state index contributed by atoms with van der Waals surface area (Å²) in [6, 6.07) is 0. The lowest BCUT2D eigenvalue weighted by molar-refractivity contribution is -0.0558. The van der Waals surface area contributed by atoms with Gasteiger partial charge in [-0.25, -0.2) is 0 Å². The molecule has 3 heteroatoms. The minimum absolute atomic E-state index is 0.274. The van der Waals surface area contributed by atoms with E-state index < -0.39 is 0 Å². The monoisotopic (exact) mass is 186 g/mol. The molecule has 1 aliphatic rings. The zero-order valence-electron chi connectivity index (χ0n) is 9.26. The maximum atomic E-state index is 5.64. The second-order valence-corrected chi connectivity index (χ2v) is 4.67. The number of morpholine rings is 1. The lowest BCUT2D eigenvalue weighted by Gasteiger charge is -2.41. The summed E-state index contributed by atoms with van der Waals surface area (Å²) in [5.41, 5.74) is 0.274. The Labute approximate surface area is 81.4 Å². The molecule has 1 atom stereocenters. The van der Waals surface area contributed by atoms with Crippen LogP contribution >= 0.6 is 0 Å². The molecule has 0 aromatic heterocycles. The number of hydrogen-bond donors (Lipinski definition) is 1. The number of nitrogens with zero attached hydrogens (tertiary/aromatic N) is 1. The number of nitrogens with one attached hydrogen (secondary N) is 1. The molecule has 0 unspecified atom stereocenters. The van der Waals surface area contributed by atoms with E-state index in [-0.39, 0.29) is 5.54 Å². The van der Waals surface area contributed by atoms with E-state index >= 15 is 0 Å². The first-order chi connectivity index (χ1) is 6.04. The van der Waals surface area contributed by atoms with Gasteiger partial charge in [-0.2, -0.15) is 0 Å². The summed E-state index contributed by atoms with van der Waals surface area (Å²) in [5.74, 6) is 0. The summed E-state index contributed by atoms with van der Waals surface area (Å²) in [7, 11) is 1.97. The van der Waals surface area contributed by atoms with Crippen molar-refractivity contribution < 1.29 is 4.74 Å². The van der Waals surface area contributed by atoms with Gasteiger partial charge >= 0.3 is 0 Å². The van der Waals surface area contributed by atoms with E-state index in [1.54, 1.807) is 0 Å². The Kier molecular flexibility index (Phi) is 3.71. The van der Waals surface area contributed by atoms with Crippen LogP contribution in [-0.2, 0) is 4.74 Å². The molecule has 13 heavy (non-hydrogen) atoms. The highest BCUT2D eigenvalue weighted by molar-refractivity contribution is 4.82. The van der Waals surface area contributed by atoms with E-state index in [0.717, 1.165) is 26.2 Å². The average molecular weight is 186 g/mol. The second-order valence-electron chi connectivity index (χ2n) is 4.67. The van der Waals surface area contributed by atoms with E-state index in [9.17, 15) is 0 Å². The Morgan fingerprint density at radius 2 is 2.15 bits per heavy atom. The Balaban J connectivity index is 2.42. The summed E-state index contributed by atoms with van der Waals surface area (Å²) in [5, 5.41) is 3.16. The molecule has 0 amide bonds. The minimum atomic E-state index is 0.274. The number of rotatable bonds is 2. The Morgan fingerprint density at radius 1 is 1.46 bits per heavy atom. The van der Waals surface area contributed by atoms with Crippen molar-refractivity contribution in [3.8, 4) is 0 Å². The van der Waals surface area contributed by atoms with Crippen LogP contribution in [0.5, 0.6) is 0 Å². The van der Waals surface area contributed by atoms with Gasteiger partial charge in [0, 0.05) is 25.2 Å². The molecule has 1 heterocycles. The van der Waals surface area contributed by atoms with Gasteiger partial charge in [0.05, 0.1) is 12.7 Å². The zero-order valence-corrected chi connectivity index (χ0v) is 9.26. The number of ether oxygens (including phenoxy) is 1. The molecule has 0 radical (unpaired) electrons. The third-order valence-corrected chi connectivity index (χ3v) is 2.52. The smallest absolute Gasteiger partial charge is 0.0826 e. The molecule has 1 N–H and O–H groups in total. The molecule has 1 aliphatic heterocycles. The second kappa shape index (κ2) is 4.40. The quantitative estimate of drug-likeness (QED) is 0.687. The molecule has 0 aliphatic carbocycles. The van der Waals surface area contributed by atoms with Crippen LogP contribution in [0.25, 0.3) is 0 Å². The van der Waals surface area contributed by atoms with E-state index in [2.05, 4.69) is 31.0 Å². The molecule has 0 aromatic rings. The van der Waals surface area contributed by atoms with Crippen LogP contribution in [0, 0.1) is 0 Å². The number of likely N-dealkylation sites (N-methyl/N-ethyl adjacent to an activating group) is 1. The molecular formula is C10H22N2O. The van der Waals surface area contributed by atoms with Crippen LogP contribution in [-0.4, -0.2) is 49.8 Å². The van der Waals surface area contributed by atoms with Crippen molar-refractivity contribution in [3.05, 3.63) is 0 Å². The van der Waals surface area contributed by atoms with Gasteiger partial charge in [-0.1, -0.05) is 0 Å². The number of hydrogen-bond acceptors (Lipinski definition) is 3. The Hall–Kier alpha value is -0.120. The van der Waals surface area contributed by atoms with Gasteiger partial charge in [0.25, 0.3) is 0 Å². The van der Waals surface area contributed by atoms with Crippen LogP contribution in [0.2, 0.25) is 0 Å². The fourth-order valence-corrected chi connectivity index (χ4v) is 1.68. The standard InChI is InChI=1S/C10H22N2O/c1-10(2,3)12-5-6-13-9(8-12)7-11-4/h9,11H,5-8H2,1-4H3/t9-/m1/s1. The first-order valence-corrected chi connectivity index (χ1v) is 5.05. The van der Waals surface area contributed by atoms with Crippen LogP contribution in [0.15, 0.2) is 0 Å². The summed E-state index contributed by atoms with van der Waals surface area (Å²) >= 11 is 0. The molecule has 0 saturated carbocycles. The average Bonchev–Trinajstić information content (AvgIpc) is 2.04. The van der Waals surface area contributed by atoms with E-state index in [1.807, 2.05) is 7.05 Å². The van der Waals surface area contributed by atoms with Crippen molar-refractivity contribution in [1.29, 1.82) is 0 Å². The van der Waals surface area contributed by atoms with Crippen molar-refractivity contribution in [2.24, 2.45) is 0 Å². The molecule has 1 fully saturated rings. The zero-order chi connectivity index (χ0) is 9.90. The van der Waals surface area contributed by atoms with Crippen LogP contribution < -0.4 is 5.32 Å². The molecule has 1 rings (SSSR count). The highest BCUT2D eigenvalue weighted by atomic mass is 16.5. The van der Waals surface area contributed by atoms with E-state index in [4.69, 9.17) is 4.74 Å². The normalized spacial score (nSPS) is 26.3. The lowest BCUT2D eigenvalue weighted by atomic mass is 10.0. The van der Waals surface area contributed by atoms with Crippen molar-refractivity contribution >= 4 is 0 Å². The van der Waals surface area contributed by atoms with Gasteiger partial charge in [0.1, 0.15) is 0 Å². The van der Waals surface area contributed by atoms with Gasteiger partial charge in [-0.15, -0.1) is 0 Å². The summed E-state index contributed by atoms with van der Waals surface area (Å²) in [6.07, 6.45) is 0.359. The summed E-state index contributed by atoms with van der Waals surface area (Å²) < 4.78 is 5.64. The largest absolute Gasteiger partial charge is 0.374 e. The Bertz CT molecular complexity index is 151. The molecule has 0 aromatic carbocycles. The molecule has 0 bridgehead atoms. The minimum Gasteiger partial charge on any atom is -0.374 e. The molecular weight excluding hydrogens is 164 g/mol. The summed E-state index contributed by atoms with van der Waals surface area (Å²) in [4.78, 5) is 2.48. The van der Waals surface area contributed by atoms with Crippen LogP contribution in [0.3, 0.4) is 0 Å². The van der Waals surface area contributed by atoms with E-state index in [0.29, 0.717) is 6.10 Å².